The second kappa shape index (κ2) is 7.16. The number of benzene rings is 1. The summed E-state index contributed by atoms with van der Waals surface area (Å²) in [6.07, 6.45) is 0. The molecule has 0 aliphatic heterocycles. The molecule has 1 rings (SSSR count). The van der Waals surface area contributed by atoms with E-state index in [1.54, 1.807) is 6.92 Å². The van der Waals surface area contributed by atoms with Crippen molar-refractivity contribution in [2.45, 2.75) is 6.92 Å². The number of halogens is 1. The first-order chi connectivity index (χ1) is 9.77. The minimum absolute atomic E-state index is 0.162. The standard InChI is InChI=1S/C13H15BrN2O5/c1-8(13(18)21-3)7-15(2)12(17)9-4-5-10(14)11(6-9)16(19)20/h4-6,8H,7H2,1-3H3. The van der Waals surface area contributed by atoms with Crippen LogP contribution >= 0.6 is 15.9 Å². The maximum absolute atomic E-state index is 12.2. The first-order valence-corrected chi connectivity index (χ1v) is 6.84. The average molecular weight is 359 g/mol. The normalized spacial score (nSPS) is 11.6. The molecule has 1 unspecified atom stereocenters. The molecule has 1 aromatic carbocycles. The van der Waals surface area contributed by atoms with Crippen molar-refractivity contribution in [2.75, 3.05) is 20.7 Å². The Morgan fingerprint density at radius 2 is 2.10 bits per heavy atom. The van der Waals surface area contributed by atoms with Crippen LogP contribution in [0.1, 0.15) is 17.3 Å². The molecule has 0 bridgehead atoms. The smallest absolute Gasteiger partial charge is 0.310 e. The summed E-state index contributed by atoms with van der Waals surface area (Å²) in [5, 5.41) is 10.9. The van der Waals surface area contributed by atoms with Crippen LogP contribution in [0.5, 0.6) is 0 Å². The van der Waals surface area contributed by atoms with Crippen LogP contribution in [0.25, 0.3) is 0 Å². The Kier molecular flexibility index (Phi) is 5.83. The second-order valence-corrected chi connectivity index (χ2v) is 5.39. The first kappa shape index (κ1) is 17.1. The van der Waals surface area contributed by atoms with Gasteiger partial charge in [0, 0.05) is 25.2 Å². The Bertz CT molecular complexity index is 576. The van der Waals surface area contributed by atoms with Gasteiger partial charge in [-0.05, 0) is 28.1 Å². The Labute approximate surface area is 130 Å². The number of methoxy groups -OCH3 is 1. The third-order valence-electron chi connectivity index (χ3n) is 2.89. The van der Waals surface area contributed by atoms with Gasteiger partial charge >= 0.3 is 5.97 Å². The lowest BCUT2D eigenvalue weighted by Crippen LogP contribution is -2.34. The van der Waals surface area contributed by atoms with Gasteiger partial charge in [0.1, 0.15) is 0 Å². The molecule has 114 valence electrons. The highest BCUT2D eigenvalue weighted by Crippen LogP contribution is 2.26. The quantitative estimate of drug-likeness (QED) is 0.457. The third kappa shape index (κ3) is 4.25. The van der Waals surface area contributed by atoms with Crippen LogP contribution in [0.4, 0.5) is 5.69 Å². The molecule has 8 heteroatoms. The van der Waals surface area contributed by atoms with E-state index in [1.807, 2.05) is 0 Å². The monoisotopic (exact) mass is 358 g/mol. The number of hydrogen-bond donors (Lipinski definition) is 0. The Balaban J connectivity index is 2.90. The van der Waals surface area contributed by atoms with E-state index in [4.69, 9.17) is 0 Å². The molecule has 1 amide bonds. The molecule has 7 nitrogen and oxygen atoms in total. The molecule has 1 atom stereocenters. The van der Waals surface area contributed by atoms with E-state index in [0.717, 1.165) is 0 Å². The summed E-state index contributed by atoms with van der Waals surface area (Å²) in [6, 6.07) is 4.13. The minimum Gasteiger partial charge on any atom is -0.469 e. The molecule has 0 heterocycles. The molecule has 0 aliphatic rings. The van der Waals surface area contributed by atoms with Crippen molar-refractivity contribution in [1.29, 1.82) is 0 Å². The van der Waals surface area contributed by atoms with Crippen LogP contribution in [-0.2, 0) is 9.53 Å². The Morgan fingerprint density at radius 3 is 2.62 bits per heavy atom. The lowest BCUT2D eigenvalue weighted by Gasteiger charge is -2.20. The summed E-state index contributed by atoms with van der Waals surface area (Å²) >= 11 is 3.06. The zero-order valence-corrected chi connectivity index (χ0v) is 13.4. The second-order valence-electron chi connectivity index (χ2n) is 4.53. The van der Waals surface area contributed by atoms with Crippen molar-refractivity contribution in [3.05, 3.63) is 38.3 Å². The summed E-state index contributed by atoms with van der Waals surface area (Å²) in [5.41, 5.74) is -0.000248. The van der Waals surface area contributed by atoms with Crippen LogP contribution in [0.15, 0.2) is 22.7 Å². The highest BCUT2D eigenvalue weighted by molar-refractivity contribution is 9.10. The topological polar surface area (TPSA) is 89.8 Å². The number of carbonyl (C=O) groups is 2. The zero-order valence-electron chi connectivity index (χ0n) is 11.8. The number of esters is 1. The largest absolute Gasteiger partial charge is 0.469 e. The summed E-state index contributed by atoms with van der Waals surface area (Å²) in [5.74, 6) is -1.30. The molecule has 0 aliphatic carbocycles. The summed E-state index contributed by atoms with van der Waals surface area (Å²) < 4.78 is 4.89. The van der Waals surface area contributed by atoms with Gasteiger partial charge in [0.15, 0.2) is 0 Å². The average Bonchev–Trinajstić information content (AvgIpc) is 2.45. The van der Waals surface area contributed by atoms with Crippen molar-refractivity contribution in [3.8, 4) is 0 Å². The van der Waals surface area contributed by atoms with Crippen LogP contribution in [0.2, 0.25) is 0 Å². The fraction of sp³-hybridized carbons (Fsp3) is 0.385. The number of amides is 1. The molecule has 0 N–H and O–H groups in total. The van der Waals surface area contributed by atoms with Gasteiger partial charge in [-0.1, -0.05) is 6.92 Å². The molecular weight excluding hydrogens is 344 g/mol. The maximum Gasteiger partial charge on any atom is 0.310 e. The van der Waals surface area contributed by atoms with Crippen molar-refractivity contribution in [3.63, 3.8) is 0 Å². The fourth-order valence-corrected chi connectivity index (χ4v) is 2.17. The SMILES string of the molecule is COC(=O)C(C)CN(C)C(=O)c1ccc(Br)c([N+](=O)[O-])c1. The van der Waals surface area contributed by atoms with Gasteiger partial charge in [-0.15, -0.1) is 0 Å². The maximum atomic E-state index is 12.2. The van der Waals surface area contributed by atoms with E-state index >= 15 is 0 Å². The predicted octanol–water partition coefficient (Wildman–Crippen LogP) is 2.24. The van der Waals surface area contributed by atoms with Crippen molar-refractivity contribution >= 4 is 33.5 Å². The number of rotatable bonds is 5. The van der Waals surface area contributed by atoms with Crippen LogP contribution in [0.3, 0.4) is 0 Å². The number of ether oxygens (including phenoxy) is 1. The lowest BCUT2D eigenvalue weighted by molar-refractivity contribution is -0.385. The first-order valence-electron chi connectivity index (χ1n) is 6.05. The molecule has 1 aromatic rings. The van der Waals surface area contributed by atoms with E-state index < -0.39 is 22.7 Å². The summed E-state index contributed by atoms with van der Waals surface area (Å²) in [7, 11) is 2.80. The molecule has 0 spiro atoms. The van der Waals surface area contributed by atoms with Crippen molar-refractivity contribution < 1.29 is 19.2 Å². The van der Waals surface area contributed by atoms with Crippen LogP contribution in [-0.4, -0.2) is 42.4 Å². The van der Waals surface area contributed by atoms with E-state index in [0.29, 0.717) is 4.47 Å². The molecule has 0 fully saturated rings. The van der Waals surface area contributed by atoms with E-state index in [1.165, 1.54) is 37.3 Å². The highest BCUT2D eigenvalue weighted by atomic mass is 79.9. The van der Waals surface area contributed by atoms with Crippen molar-refractivity contribution in [1.82, 2.24) is 4.90 Å². The van der Waals surface area contributed by atoms with Crippen LogP contribution < -0.4 is 0 Å². The van der Waals surface area contributed by atoms with Gasteiger partial charge < -0.3 is 9.64 Å². The van der Waals surface area contributed by atoms with Gasteiger partial charge in [0.25, 0.3) is 11.6 Å². The molecule has 0 radical (unpaired) electrons. The van der Waals surface area contributed by atoms with Gasteiger partial charge in [0.2, 0.25) is 0 Å². The Hall–Kier alpha value is -1.96. The fourth-order valence-electron chi connectivity index (χ4n) is 1.78. The number of nitro groups is 1. The number of nitrogens with zero attached hydrogens (tertiary/aromatic N) is 2. The van der Waals surface area contributed by atoms with Gasteiger partial charge in [-0.3, -0.25) is 19.7 Å². The summed E-state index contributed by atoms with van der Waals surface area (Å²) in [6.45, 7) is 1.80. The van der Waals surface area contributed by atoms with E-state index in [9.17, 15) is 19.7 Å². The zero-order chi connectivity index (χ0) is 16.2. The van der Waals surface area contributed by atoms with Gasteiger partial charge in [0.05, 0.1) is 22.4 Å². The number of carbonyl (C=O) groups excluding carboxylic acids is 2. The molecule has 0 saturated heterocycles. The summed E-state index contributed by atoms with van der Waals surface area (Å²) in [4.78, 5) is 35.2. The minimum atomic E-state index is -0.571. The number of hydrogen-bond acceptors (Lipinski definition) is 5. The van der Waals surface area contributed by atoms with E-state index in [-0.39, 0.29) is 17.8 Å². The third-order valence-corrected chi connectivity index (χ3v) is 3.56. The predicted molar refractivity (Wildman–Crippen MR) is 78.9 cm³/mol. The number of nitro benzene ring substituents is 1. The molecule has 0 saturated carbocycles. The Morgan fingerprint density at radius 1 is 1.48 bits per heavy atom. The van der Waals surface area contributed by atoms with Crippen LogP contribution in [0, 0.1) is 16.0 Å². The highest BCUT2D eigenvalue weighted by Gasteiger charge is 2.22. The molecule has 0 aromatic heterocycles. The lowest BCUT2D eigenvalue weighted by atomic mass is 10.1. The van der Waals surface area contributed by atoms with Crippen molar-refractivity contribution in [2.24, 2.45) is 5.92 Å². The molecule has 21 heavy (non-hydrogen) atoms. The molecular formula is C13H15BrN2O5. The van der Waals surface area contributed by atoms with Gasteiger partial charge in [-0.25, -0.2) is 0 Å². The van der Waals surface area contributed by atoms with Gasteiger partial charge in [-0.2, -0.15) is 0 Å². The van der Waals surface area contributed by atoms with E-state index in [2.05, 4.69) is 20.7 Å².